The summed E-state index contributed by atoms with van der Waals surface area (Å²) in [6.07, 6.45) is 3.74. The van der Waals surface area contributed by atoms with Gasteiger partial charge in [0.15, 0.2) is 0 Å². The van der Waals surface area contributed by atoms with E-state index in [0.717, 1.165) is 29.7 Å². The zero-order chi connectivity index (χ0) is 13.8. The molecule has 2 heterocycles. The van der Waals surface area contributed by atoms with E-state index in [0.29, 0.717) is 12.5 Å². The first-order valence-corrected chi connectivity index (χ1v) is 7.41. The molecule has 1 aromatic carbocycles. The van der Waals surface area contributed by atoms with E-state index in [1.165, 1.54) is 25.9 Å². The van der Waals surface area contributed by atoms with Gasteiger partial charge in [-0.1, -0.05) is 12.1 Å². The fraction of sp³-hybridized carbons (Fsp3) is 0.500. The van der Waals surface area contributed by atoms with E-state index in [2.05, 4.69) is 14.9 Å². The SMILES string of the molecule is Cc1nc2ccccc2nc1OCCCN1CCCC1. The van der Waals surface area contributed by atoms with Crippen molar-refractivity contribution in [1.29, 1.82) is 0 Å². The predicted molar refractivity (Wildman–Crippen MR) is 80.1 cm³/mol. The van der Waals surface area contributed by atoms with Crippen LogP contribution in [-0.2, 0) is 0 Å². The fourth-order valence-corrected chi connectivity index (χ4v) is 2.67. The number of hydrogen-bond acceptors (Lipinski definition) is 4. The smallest absolute Gasteiger partial charge is 0.235 e. The van der Waals surface area contributed by atoms with E-state index in [-0.39, 0.29) is 0 Å². The molecule has 4 nitrogen and oxygen atoms in total. The summed E-state index contributed by atoms with van der Waals surface area (Å²) in [4.78, 5) is 11.6. The molecule has 2 aromatic rings. The Hall–Kier alpha value is -1.68. The molecule has 1 aromatic heterocycles. The largest absolute Gasteiger partial charge is 0.476 e. The summed E-state index contributed by atoms with van der Waals surface area (Å²) in [5.41, 5.74) is 2.69. The highest BCUT2D eigenvalue weighted by Gasteiger charge is 2.11. The zero-order valence-electron chi connectivity index (χ0n) is 12.0. The lowest BCUT2D eigenvalue weighted by molar-refractivity contribution is 0.256. The summed E-state index contributed by atoms with van der Waals surface area (Å²) < 4.78 is 5.80. The molecular weight excluding hydrogens is 250 g/mol. The highest BCUT2D eigenvalue weighted by atomic mass is 16.5. The summed E-state index contributed by atoms with van der Waals surface area (Å²) in [6, 6.07) is 7.90. The van der Waals surface area contributed by atoms with Crippen molar-refractivity contribution in [2.24, 2.45) is 0 Å². The highest BCUT2D eigenvalue weighted by molar-refractivity contribution is 5.74. The van der Waals surface area contributed by atoms with Gasteiger partial charge in [0.2, 0.25) is 5.88 Å². The molecular formula is C16H21N3O. The molecule has 0 radical (unpaired) electrons. The topological polar surface area (TPSA) is 38.3 Å². The molecule has 1 fully saturated rings. The van der Waals surface area contributed by atoms with Crippen LogP contribution in [0.15, 0.2) is 24.3 Å². The monoisotopic (exact) mass is 271 g/mol. The van der Waals surface area contributed by atoms with Gasteiger partial charge in [-0.05, 0) is 51.4 Å². The molecule has 0 N–H and O–H groups in total. The Morgan fingerprint density at radius 2 is 1.80 bits per heavy atom. The minimum absolute atomic E-state index is 0.671. The molecule has 0 bridgehead atoms. The third-order valence-electron chi connectivity index (χ3n) is 3.76. The third-order valence-corrected chi connectivity index (χ3v) is 3.76. The number of nitrogens with zero attached hydrogens (tertiary/aromatic N) is 3. The number of para-hydroxylation sites is 2. The van der Waals surface area contributed by atoms with Crippen LogP contribution in [0.1, 0.15) is 25.0 Å². The summed E-state index contributed by atoms with van der Waals surface area (Å²) in [5, 5.41) is 0. The van der Waals surface area contributed by atoms with Crippen LogP contribution in [-0.4, -0.2) is 41.1 Å². The molecule has 0 saturated carbocycles. The second kappa shape index (κ2) is 6.18. The van der Waals surface area contributed by atoms with E-state index in [1.807, 2.05) is 31.2 Å². The van der Waals surface area contributed by atoms with Gasteiger partial charge in [0.1, 0.15) is 5.69 Å². The van der Waals surface area contributed by atoms with Crippen molar-refractivity contribution in [3.05, 3.63) is 30.0 Å². The van der Waals surface area contributed by atoms with Gasteiger partial charge in [0, 0.05) is 6.54 Å². The van der Waals surface area contributed by atoms with Gasteiger partial charge in [-0.2, -0.15) is 0 Å². The zero-order valence-corrected chi connectivity index (χ0v) is 12.0. The number of ether oxygens (including phenoxy) is 1. The van der Waals surface area contributed by atoms with Crippen LogP contribution in [0.4, 0.5) is 0 Å². The Labute approximate surface area is 119 Å². The Kier molecular flexibility index (Phi) is 4.11. The maximum absolute atomic E-state index is 5.80. The molecule has 0 amide bonds. The lowest BCUT2D eigenvalue weighted by Crippen LogP contribution is -2.22. The van der Waals surface area contributed by atoms with E-state index >= 15 is 0 Å². The summed E-state index contributed by atoms with van der Waals surface area (Å²) in [5.74, 6) is 0.671. The minimum Gasteiger partial charge on any atom is -0.476 e. The van der Waals surface area contributed by atoms with Gasteiger partial charge < -0.3 is 9.64 Å². The van der Waals surface area contributed by atoms with Crippen molar-refractivity contribution >= 4 is 11.0 Å². The number of aryl methyl sites for hydroxylation is 1. The van der Waals surface area contributed by atoms with E-state index in [9.17, 15) is 0 Å². The van der Waals surface area contributed by atoms with Gasteiger partial charge in [-0.3, -0.25) is 0 Å². The Balaban J connectivity index is 1.57. The first-order chi connectivity index (χ1) is 9.83. The standard InChI is InChI=1S/C16H21N3O/c1-13-16(18-15-8-3-2-7-14(15)17-13)20-12-6-11-19-9-4-5-10-19/h2-3,7-8H,4-6,9-12H2,1H3. The van der Waals surface area contributed by atoms with Crippen molar-refractivity contribution in [2.45, 2.75) is 26.2 Å². The number of hydrogen-bond donors (Lipinski definition) is 0. The summed E-state index contributed by atoms with van der Waals surface area (Å²) in [7, 11) is 0. The molecule has 3 rings (SSSR count). The van der Waals surface area contributed by atoms with Crippen LogP contribution < -0.4 is 4.74 Å². The third kappa shape index (κ3) is 3.07. The average Bonchev–Trinajstić information content (AvgIpc) is 2.97. The first kappa shape index (κ1) is 13.3. The molecule has 20 heavy (non-hydrogen) atoms. The van der Waals surface area contributed by atoms with Crippen LogP contribution in [0.2, 0.25) is 0 Å². The molecule has 1 aliphatic rings. The number of aromatic nitrogens is 2. The lowest BCUT2D eigenvalue weighted by atomic mass is 10.3. The lowest BCUT2D eigenvalue weighted by Gasteiger charge is -2.14. The van der Waals surface area contributed by atoms with Crippen molar-refractivity contribution < 1.29 is 4.74 Å². The van der Waals surface area contributed by atoms with Crippen LogP contribution in [0.5, 0.6) is 5.88 Å². The molecule has 4 heteroatoms. The maximum atomic E-state index is 5.80. The van der Waals surface area contributed by atoms with E-state index < -0.39 is 0 Å². The minimum atomic E-state index is 0.671. The molecule has 0 atom stereocenters. The Morgan fingerprint density at radius 3 is 2.55 bits per heavy atom. The molecule has 0 spiro atoms. The van der Waals surface area contributed by atoms with Crippen molar-refractivity contribution in [3.8, 4) is 5.88 Å². The van der Waals surface area contributed by atoms with Gasteiger partial charge in [0.25, 0.3) is 0 Å². The first-order valence-electron chi connectivity index (χ1n) is 7.41. The van der Waals surface area contributed by atoms with Crippen molar-refractivity contribution in [3.63, 3.8) is 0 Å². The van der Waals surface area contributed by atoms with Gasteiger partial charge in [0.05, 0.1) is 17.6 Å². The highest BCUT2D eigenvalue weighted by Crippen LogP contribution is 2.18. The predicted octanol–water partition coefficient (Wildman–Crippen LogP) is 2.80. The fourth-order valence-electron chi connectivity index (χ4n) is 2.67. The number of rotatable bonds is 5. The Bertz CT molecular complexity index is 579. The van der Waals surface area contributed by atoms with Crippen LogP contribution in [0, 0.1) is 6.92 Å². The van der Waals surface area contributed by atoms with Gasteiger partial charge >= 0.3 is 0 Å². The van der Waals surface area contributed by atoms with Crippen molar-refractivity contribution in [2.75, 3.05) is 26.2 Å². The Morgan fingerprint density at radius 1 is 1.10 bits per heavy atom. The normalized spacial score (nSPS) is 15.8. The molecule has 106 valence electrons. The molecule has 0 unspecified atom stereocenters. The van der Waals surface area contributed by atoms with E-state index in [4.69, 9.17) is 4.74 Å². The van der Waals surface area contributed by atoms with Crippen LogP contribution in [0.3, 0.4) is 0 Å². The average molecular weight is 271 g/mol. The molecule has 1 saturated heterocycles. The van der Waals surface area contributed by atoms with Gasteiger partial charge in [-0.25, -0.2) is 9.97 Å². The summed E-state index contributed by atoms with van der Waals surface area (Å²) >= 11 is 0. The maximum Gasteiger partial charge on any atom is 0.235 e. The van der Waals surface area contributed by atoms with E-state index in [1.54, 1.807) is 0 Å². The second-order valence-corrected chi connectivity index (χ2v) is 5.35. The number of fused-ring (bicyclic) bond motifs is 1. The quantitative estimate of drug-likeness (QED) is 0.784. The van der Waals surface area contributed by atoms with Crippen LogP contribution >= 0.6 is 0 Å². The molecule has 1 aliphatic heterocycles. The second-order valence-electron chi connectivity index (χ2n) is 5.35. The number of benzene rings is 1. The number of likely N-dealkylation sites (tertiary alicyclic amines) is 1. The van der Waals surface area contributed by atoms with Gasteiger partial charge in [-0.15, -0.1) is 0 Å². The van der Waals surface area contributed by atoms with Crippen LogP contribution in [0.25, 0.3) is 11.0 Å². The summed E-state index contributed by atoms with van der Waals surface area (Å²) in [6.45, 7) is 6.28. The van der Waals surface area contributed by atoms with Crippen molar-refractivity contribution in [1.82, 2.24) is 14.9 Å². The molecule has 0 aliphatic carbocycles.